The summed E-state index contributed by atoms with van der Waals surface area (Å²) in [6, 6.07) is 0. The van der Waals surface area contributed by atoms with Crippen LogP contribution in [0.1, 0.15) is 122 Å². The van der Waals surface area contributed by atoms with Crippen molar-refractivity contribution in [2.24, 2.45) is 0 Å². The molecule has 3 fully saturated rings. The van der Waals surface area contributed by atoms with Crippen LogP contribution >= 0.6 is 0 Å². The van der Waals surface area contributed by atoms with Gasteiger partial charge in [0.15, 0.2) is 0 Å². The van der Waals surface area contributed by atoms with Gasteiger partial charge < -0.3 is 15.3 Å². The number of aliphatic hydroxyl groups is 1. The molecule has 0 heterocycles. The fraction of sp³-hybridized carbons (Fsp3) is 0.870. The molecule has 0 aromatic rings. The van der Waals surface area contributed by atoms with Gasteiger partial charge >= 0.3 is 11.9 Å². The van der Waals surface area contributed by atoms with Crippen LogP contribution in [0.2, 0.25) is 0 Å². The van der Waals surface area contributed by atoms with E-state index in [1.165, 1.54) is 64.2 Å². The number of aliphatic carboxylic acids is 2. The Morgan fingerprint density at radius 1 is 0.655 bits per heavy atom. The summed E-state index contributed by atoms with van der Waals surface area (Å²) in [6.45, 7) is 0. The van der Waals surface area contributed by atoms with Crippen LogP contribution in [-0.4, -0.2) is 39.1 Å². The molecule has 3 rings (SSSR count). The van der Waals surface area contributed by atoms with Gasteiger partial charge in [0.05, 0.1) is 6.10 Å². The highest BCUT2D eigenvalue weighted by molar-refractivity contribution is 5.78. The minimum Gasteiger partial charge on any atom is -0.481 e. The molecule has 0 spiro atoms. The minimum absolute atomic E-state index is 0.0359. The van der Waals surface area contributed by atoms with Crippen molar-refractivity contribution in [3.8, 4) is 0 Å². The molecule has 3 aliphatic carbocycles. The summed E-state index contributed by atoms with van der Waals surface area (Å²) in [4.78, 5) is 30.0. The van der Waals surface area contributed by atoms with E-state index in [2.05, 4.69) is 0 Å². The molecule has 170 valence electrons. The second kappa shape index (κ2) is 19.9. The third kappa shape index (κ3) is 22.7. The van der Waals surface area contributed by atoms with Crippen LogP contribution in [0, 0.1) is 0 Å². The van der Waals surface area contributed by atoms with E-state index in [0.29, 0.717) is 5.78 Å². The van der Waals surface area contributed by atoms with Crippen molar-refractivity contribution in [2.75, 3.05) is 0 Å². The molecule has 0 unspecified atom stereocenters. The maximum atomic E-state index is 10.5. The molecule has 3 saturated carbocycles. The summed E-state index contributed by atoms with van der Waals surface area (Å²) in [5, 5.41) is 25.0. The maximum Gasteiger partial charge on any atom is 0.303 e. The minimum atomic E-state index is -0.948. The Kier molecular flexibility index (Phi) is 18.9. The van der Waals surface area contributed by atoms with Crippen molar-refractivity contribution in [2.45, 2.75) is 128 Å². The molecule has 29 heavy (non-hydrogen) atoms. The second-order valence-electron chi connectivity index (χ2n) is 8.15. The number of aliphatic hydroxyl groups excluding tert-OH is 1. The zero-order valence-electron chi connectivity index (χ0n) is 18.1. The van der Waals surface area contributed by atoms with E-state index in [4.69, 9.17) is 15.3 Å². The summed E-state index contributed by atoms with van der Waals surface area (Å²) in [5.41, 5.74) is 0. The summed E-state index contributed by atoms with van der Waals surface area (Å²) in [6.07, 6.45) is 20.3. The highest BCUT2D eigenvalue weighted by Crippen LogP contribution is 2.16. The van der Waals surface area contributed by atoms with Gasteiger partial charge in [-0.2, -0.15) is 0 Å². The van der Waals surface area contributed by atoms with Crippen molar-refractivity contribution in [1.82, 2.24) is 0 Å². The third-order valence-corrected chi connectivity index (χ3v) is 5.27. The lowest BCUT2D eigenvalue weighted by molar-refractivity contribution is -0.138. The van der Waals surface area contributed by atoms with Gasteiger partial charge in [0, 0.05) is 25.7 Å². The van der Waals surface area contributed by atoms with Gasteiger partial charge in [-0.25, -0.2) is 0 Å². The van der Waals surface area contributed by atoms with Crippen molar-refractivity contribution < 1.29 is 29.7 Å². The van der Waals surface area contributed by atoms with Gasteiger partial charge in [-0.15, -0.1) is 0 Å². The van der Waals surface area contributed by atoms with E-state index < -0.39 is 11.9 Å². The zero-order valence-corrected chi connectivity index (χ0v) is 18.1. The van der Waals surface area contributed by atoms with Gasteiger partial charge in [-0.05, 0) is 32.1 Å². The number of carbonyl (C=O) groups excluding carboxylic acids is 1. The third-order valence-electron chi connectivity index (χ3n) is 5.27. The molecule has 0 aliphatic heterocycles. The molecule has 3 aliphatic rings. The Morgan fingerprint density at radius 2 is 1.00 bits per heavy atom. The van der Waals surface area contributed by atoms with E-state index in [-0.39, 0.29) is 25.4 Å². The normalized spacial score (nSPS) is 19.3. The standard InChI is InChI=1S/C6H12O.C6H10O.C6H12.C5H8O4/c2*7-6-4-2-1-3-5-6;1-2-4-6-5-3-1;6-4(7)2-1-3-5(8)9/h6-7H,1-5H2;1-5H2;1-6H2;1-3H2,(H,6,7)(H,8,9). The van der Waals surface area contributed by atoms with Crippen LogP contribution in [0.4, 0.5) is 0 Å². The number of carbonyl (C=O) groups is 3. The summed E-state index contributed by atoms with van der Waals surface area (Å²) >= 11 is 0. The smallest absolute Gasteiger partial charge is 0.303 e. The number of hydrogen-bond donors (Lipinski definition) is 3. The Balaban J connectivity index is 0.000000363. The average molecular weight is 415 g/mol. The van der Waals surface area contributed by atoms with E-state index in [1.54, 1.807) is 0 Å². The SMILES string of the molecule is C1CCCCC1.O=C(O)CCCC(=O)O.O=C1CCCCC1.OC1CCCCC1. The molecule has 0 atom stereocenters. The molecular formula is C23H42O6. The van der Waals surface area contributed by atoms with E-state index in [9.17, 15) is 14.4 Å². The molecule has 6 heteroatoms. The van der Waals surface area contributed by atoms with Crippen LogP contribution in [-0.2, 0) is 14.4 Å². The van der Waals surface area contributed by atoms with Gasteiger partial charge in [0.25, 0.3) is 0 Å². The van der Waals surface area contributed by atoms with Crippen molar-refractivity contribution in [3.63, 3.8) is 0 Å². The van der Waals surface area contributed by atoms with Gasteiger partial charge in [-0.3, -0.25) is 14.4 Å². The first-order chi connectivity index (χ1) is 13.9. The van der Waals surface area contributed by atoms with Crippen LogP contribution in [0.5, 0.6) is 0 Å². The highest BCUT2D eigenvalue weighted by atomic mass is 16.4. The quantitative estimate of drug-likeness (QED) is 0.560. The fourth-order valence-corrected chi connectivity index (χ4v) is 3.48. The predicted octanol–water partition coefficient (Wildman–Crippen LogP) is 5.50. The first-order valence-electron chi connectivity index (χ1n) is 11.5. The van der Waals surface area contributed by atoms with Gasteiger partial charge in [0.1, 0.15) is 5.78 Å². The molecule has 0 saturated heterocycles. The van der Waals surface area contributed by atoms with Crippen LogP contribution in [0.25, 0.3) is 0 Å². The number of ketones is 1. The first kappa shape index (κ1) is 27.6. The largest absolute Gasteiger partial charge is 0.481 e. The molecule has 0 amide bonds. The van der Waals surface area contributed by atoms with E-state index in [1.807, 2.05) is 0 Å². The lowest BCUT2D eigenvalue weighted by Crippen LogP contribution is -2.09. The second-order valence-corrected chi connectivity index (χ2v) is 8.15. The summed E-state index contributed by atoms with van der Waals surface area (Å²) < 4.78 is 0. The predicted molar refractivity (Wildman–Crippen MR) is 114 cm³/mol. The topological polar surface area (TPSA) is 112 Å². The van der Waals surface area contributed by atoms with Crippen molar-refractivity contribution in [3.05, 3.63) is 0 Å². The van der Waals surface area contributed by atoms with Crippen molar-refractivity contribution >= 4 is 17.7 Å². The number of carboxylic acids is 2. The van der Waals surface area contributed by atoms with E-state index in [0.717, 1.165) is 38.5 Å². The molecule has 0 aromatic heterocycles. The highest BCUT2D eigenvalue weighted by Gasteiger charge is 2.08. The molecule has 0 bridgehead atoms. The number of carboxylic acid groups (broad SMARTS) is 2. The zero-order chi connectivity index (χ0) is 21.7. The lowest BCUT2D eigenvalue weighted by atomic mass is 9.98. The monoisotopic (exact) mass is 414 g/mol. The van der Waals surface area contributed by atoms with E-state index >= 15 is 0 Å². The summed E-state index contributed by atoms with van der Waals surface area (Å²) in [5.74, 6) is -1.43. The van der Waals surface area contributed by atoms with Gasteiger partial charge in [-0.1, -0.05) is 64.2 Å². The van der Waals surface area contributed by atoms with Crippen LogP contribution < -0.4 is 0 Å². The first-order valence-corrected chi connectivity index (χ1v) is 11.5. The Bertz CT molecular complexity index is 392. The molecule has 0 radical (unpaired) electrons. The van der Waals surface area contributed by atoms with Crippen molar-refractivity contribution in [1.29, 1.82) is 0 Å². The Hall–Kier alpha value is -1.43. The lowest BCUT2D eigenvalue weighted by Gasteiger charge is -2.14. The summed E-state index contributed by atoms with van der Waals surface area (Å²) in [7, 11) is 0. The van der Waals surface area contributed by atoms with Crippen LogP contribution in [0.15, 0.2) is 0 Å². The number of rotatable bonds is 4. The maximum absolute atomic E-state index is 10.5. The van der Waals surface area contributed by atoms with Crippen LogP contribution in [0.3, 0.4) is 0 Å². The fourth-order valence-electron chi connectivity index (χ4n) is 3.48. The Morgan fingerprint density at radius 3 is 1.24 bits per heavy atom. The molecular weight excluding hydrogens is 372 g/mol. The average Bonchev–Trinajstić information content (AvgIpc) is 2.71. The molecule has 0 aromatic carbocycles. The number of Topliss-reactive ketones (excluding diaryl/α,β-unsaturated/α-hetero) is 1. The Labute approximate surface area is 176 Å². The number of hydrogen-bond acceptors (Lipinski definition) is 4. The molecule has 3 N–H and O–H groups in total. The molecule has 6 nitrogen and oxygen atoms in total. The van der Waals surface area contributed by atoms with Gasteiger partial charge in [0.2, 0.25) is 0 Å².